The zero-order chi connectivity index (χ0) is 36.3. The summed E-state index contributed by atoms with van der Waals surface area (Å²) in [6.45, 7) is 0. The fourth-order valence-corrected chi connectivity index (χ4v) is 9.51. The lowest BCUT2D eigenvalue weighted by Crippen LogP contribution is -2.10. The molecule has 55 heavy (non-hydrogen) atoms. The first-order valence-electron chi connectivity index (χ1n) is 18.8. The Morgan fingerprint density at radius 3 is 1.73 bits per heavy atom. The minimum atomic E-state index is 1.10. The van der Waals surface area contributed by atoms with Crippen LogP contribution in [0.3, 0.4) is 0 Å². The second-order valence-electron chi connectivity index (χ2n) is 14.2. The Hall–Kier alpha value is -6.81. The van der Waals surface area contributed by atoms with Crippen LogP contribution < -0.4 is 4.90 Å². The first kappa shape index (κ1) is 31.7. The summed E-state index contributed by atoms with van der Waals surface area (Å²) in [6.07, 6.45) is 0. The molecule has 0 unspecified atom stereocenters. The molecule has 1 aliphatic rings. The van der Waals surface area contributed by atoms with Crippen LogP contribution in [0.4, 0.5) is 17.1 Å². The molecule has 0 fully saturated rings. The minimum Gasteiger partial charge on any atom is -0.310 e. The van der Waals surface area contributed by atoms with E-state index in [4.69, 9.17) is 0 Å². The predicted octanol–water partition coefficient (Wildman–Crippen LogP) is 14.9. The SMILES string of the molecule is c1ccc(-c2ccc(N(c3ccc(-c4ccc5c(c4)-c4cccc6cccc(c46)S5)cc3)c3ccc4c5ccccc5n(-c5ccccc5)c4c3)cc2)cc1. The molecule has 0 saturated heterocycles. The van der Waals surface area contributed by atoms with Gasteiger partial charge >= 0.3 is 0 Å². The Balaban J connectivity index is 1.04. The maximum absolute atomic E-state index is 2.39. The van der Waals surface area contributed by atoms with Gasteiger partial charge < -0.3 is 9.47 Å². The first-order valence-corrected chi connectivity index (χ1v) is 19.6. The molecular formula is C52H34N2S. The average Bonchev–Trinajstić information content (AvgIpc) is 3.59. The van der Waals surface area contributed by atoms with E-state index in [0.29, 0.717) is 0 Å². The standard InChI is InChI=1S/C52H34N2S/c1-3-11-35(12-4-1)36-21-26-41(27-22-36)53(43-30-31-45-44-17-7-8-19-48(44)54(49(45)34-43)40-15-5-2-6-16-40)42-28-23-37(24-29-42)39-25-32-50-47(33-39)46-18-9-13-38-14-10-20-51(55-50)52(38)46/h1-34H. The fourth-order valence-electron chi connectivity index (χ4n) is 8.38. The van der Waals surface area contributed by atoms with Crippen molar-refractivity contribution in [2.24, 2.45) is 0 Å². The second kappa shape index (κ2) is 12.9. The summed E-state index contributed by atoms with van der Waals surface area (Å²) < 4.78 is 2.39. The van der Waals surface area contributed by atoms with Crippen LogP contribution in [0.15, 0.2) is 216 Å². The van der Waals surface area contributed by atoms with Crippen molar-refractivity contribution in [2.45, 2.75) is 9.79 Å². The van der Waals surface area contributed by atoms with E-state index in [1.54, 1.807) is 0 Å². The molecule has 11 rings (SSSR count). The van der Waals surface area contributed by atoms with Crippen molar-refractivity contribution >= 4 is 61.4 Å². The van der Waals surface area contributed by atoms with E-state index in [1.165, 1.54) is 75.7 Å². The molecule has 0 radical (unpaired) electrons. The van der Waals surface area contributed by atoms with E-state index in [0.717, 1.165) is 22.7 Å². The van der Waals surface area contributed by atoms with E-state index in [-0.39, 0.29) is 0 Å². The molecule has 0 atom stereocenters. The number of hydrogen-bond donors (Lipinski definition) is 0. The molecule has 2 nitrogen and oxygen atoms in total. The van der Waals surface area contributed by atoms with E-state index in [9.17, 15) is 0 Å². The molecule has 0 spiro atoms. The van der Waals surface area contributed by atoms with Crippen molar-refractivity contribution in [1.29, 1.82) is 0 Å². The Morgan fingerprint density at radius 1 is 0.364 bits per heavy atom. The minimum absolute atomic E-state index is 1.10. The molecule has 2 heterocycles. The smallest absolute Gasteiger partial charge is 0.0561 e. The van der Waals surface area contributed by atoms with Crippen molar-refractivity contribution in [3.05, 3.63) is 206 Å². The largest absolute Gasteiger partial charge is 0.310 e. The van der Waals surface area contributed by atoms with Crippen LogP contribution in [0, 0.1) is 0 Å². The van der Waals surface area contributed by atoms with Crippen LogP contribution in [0.1, 0.15) is 0 Å². The van der Waals surface area contributed by atoms with E-state index < -0.39 is 0 Å². The van der Waals surface area contributed by atoms with Gasteiger partial charge in [0.25, 0.3) is 0 Å². The number of benzene rings is 9. The lowest BCUT2D eigenvalue weighted by Gasteiger charge is -2.26. The van der Waals surface area contributed by atoms with Gasteiger partial charge in [-0.3, -0.25) is 0 Å². The van der Waals surface area contributed by atoms with Crippen LogP contribution in [-0.2, 0) is 0 Å². The van der Waals surface area contributed by atoms with Gasteiger partial charge in [0.15, 0.2) is 0 Å². The van der Waals surface area contributed by atoms with Crippen LogP contribution in [0.2, 0.25) is 0 Å². The van der Waals surface area contributed by atoms with Gasteiger partial charge in [0.1, 0.15) is 0 Å². The quantitative estimate of drug-likeness (QED) is 0.169. The Kier molecular flexibility index (Phi) is 7.46. The van der Waals surface area contributed by atoms with Crippen LogP contribution in [0.5, 0.6) is 0 Å². The van der Waals surface area contributed by atoms with Gasteiger partial charge in [-0.25, -0.2) is 0 Å². The van der Waals surface area contributed by atoms with Crippen LogP contribution in [0.25, 0.3) is 71.6 Å². The van der Waals surface area contributed by atoms with Crippen molar-refractivity contribution < 1.29 is 0 Å². The molecule has 258 valence electrons. The summed E-state index contributed by atoms with van der Waals surface area (Å²) >= 11 is 1.87. The van der Waals surface area contributed by atoms with E-state index in [1.807, 2.05) is 11.8 Å². The Labute approximate surface area is 324 Å². The van der Waals surface area contributed by atoms with Gasteiger partial charge in [0.2, 0.25) is 0 Å². The zero-order valence-electron chi connectivity index (χ0n) is 29.9. The molecule has 9 aromatic carbocycles. The molecular weight excluding hydrogens is 685 g/mol. The number of fused-ring (bicyclic) bond motifs is 5. The summed E-state index contributed by atoms with van der Waals surface area (Å²) in [5.74, 6) is 0. The third-order valence-corrected chi connectivity index (χ3v) is 12.1. The monoisotopic (exact) mass is 718 g/mol. The Morgan fingerprint density at radius 2 is 0.964 bits per heavy atom. The molecule has 1 aromatic heterocycles. The highest BCUT2D eigenvalue weighted by atomic mass is 32.2. The topological polar surface area (TPSA) is 8.17 Å². The number of para-hydroxylation sites is 2. The molecule has 0 bridgehead atoms. The van der Waals surface area contributed by atoms with Crippen molar-refractivity contribution in [3.8, 4) is 39.1 Å². The highest BCUT2D eigenvalue weighted by Crippen LogP contribution is 2.49. The van der Waals surface area contributed by atoms with Gasteiger partial charge in [0.05, 0.1) is 11.0 Å². The van der Waals surface area contributed by atoms with Crippen molar-refractivity contribution in [3.63, 3.8) is 0 Å². The molecule has 0 saturated carbocycles. The summed E-state index contributed by atoms with van der Waals surface area (Å²) in [6, 6.07) is 75.1. The van der Waals surface area contributed by atoms with E-state index in [2.05, 4.69) is 216 Å². The average molecular weight is 719 g/mol. The second-order valence-corrected chi connectivity index (χ2v) is 15.2. The highest BCUT2D eigenvalue weighted by Gasteiger charge is 2.21. The summed E-state index contributed by atoms with van der Waals surface area (Å²) in [7, 11) is 0. The first-order chi connectivity index (χ1) is 27.3. The van der Waals surface area contributed by atoms with Crippen LogP contribution in [-0.4, -0.2) is 4.57 Å². The highest BCUT2D eigenvalue weighted by molar-refractivity contribution is 7.99. The number of aromatic nitrogens is 1. The van der Waals surface area contributed by atoms with Crippen molar-refractivity contribution in [1.82, 2.24) is 4.57 Å². The molecule has 0 N–H and O–H groups in total. The molecule has 0 aliphatic carbocycles. The summed E-state index contributed by atoms with van der Waals surface area (Å²) in [5.41, 5.74) is 14.3. The molecule has 0 amide bonds. The predicted molar refractivity (Wildman–Crippen MR) is 233 cm³/mol. The Bertz CT molecular complexity index is 3030. The van der Waals surface area contributed by atoms with Gasteiger partial charge in [-0.1, -0.05) is 145 Å². The third kappa shape index (κ3) is 5.35. The van der Waals surface area contributed by atoms with Gasteiger partial charge in [0, 0.05) is 48.7 Å². The normalized spacial score (nSPS) is 11.9. The number of hydrogen-bond acceptors (Lipinski definition) is 2. The van der Waals surface area contributed by atoms with Crippen LogP contribution >= 0.6 is 11.8 Å². The van der Waals surface area contributed by atoms with Gasteiger partial charge in [-0.15, -0.1) is 0 Å². The number of nitrogens with zero attached hydrogens (tertiary/aromatic N) is 2. The molecule has 1 aliphatic heterocycles. The maximum atomic E-state index is 2.39. The zero-order valence-corrected chi connectivity index (χ0v) is 30.7. The summed E-state index contributed by atoms with van der Waals surface area (Å²) in [5, 5.41) is 5.13. The maximum Gasteiger partial charge on any atom is 0.0561 e. The fraction of sp³-hybridized carbons (Fsp3) is 0. The lowest BCUT2D eigenvalue weighted by atomic mass is 9.94. The number of rotatable bonds is 6. The molecule has 10 aromatic rings. The number of anilines is 3. The van der Waals surface area contributed by atoms with Gasteiger partial charge in [-0.05, 0) is 112 Å². The molecule has 3 heteroatoms. The van der Waals surface area contributed by atoms with Crippen molar-refractivity contribution in [2.75, 3.05) is 4.90 Å². The van der Waals surface area contributed by atoms with E-state index >= 15 is 0 Å². The van der Waals surface area contributed by atoms with Gasteiger partial charge in [-0.2, -0.15) is 0 Å². The lowest BCUT2D eigenvalue weighted by molar-refractivity contribution is 1.18. The summed E-state index contributed by atoms with van der Waals surface area (Å²) in [4.78, 5) is 5.02. The third-order valence-electron chi connectivity index (χ3n) is 11.0.